The fraction of sp³-hybridized carbons (Fsp3) is 0.375. The second kappa shape index (κ2) is 7.47. The van der Waals surface area contributed by atoms with E-state index in [2.05, 4.69) is 10.6 Å². The Morgan fingerprint density at radius 2 is 1.81 bits per heavy atom. The largest absolute Gasteiger partial charge is 0.497 e. The molecule has 0 aliphatic carbocycles. The van der Waals surface area contributed by atoms with Gasteiger partial charge in [-0.05, 0) is 44.5 Å². The fourth-order valence-corrected chi connectivity index (χ4v) is 1.58. The molecule has 0 saturated heterocycles. The van der Waals surface area contributed by atoms with Crippen LogP contribution in [0.3, 0.4) is 0 Å². The van der Waals surface area contributed by atoms with Gasteiger partial charge in [0, 0.05) is 11.6 Å². The van der Waals surface area contributed by atoms with Crippen LogP contribution in [0.5, 0.6) is 5.75 Å². The van der Waals surface area contributed by atoms with Crippen molar-refractivity contribution in [2.75, 3.05) is 13.7 Å². The lowest BCUT2D eigenvalue weighted by Crippen LogP contribution is -2.45. The standard InChI is InChI=1S/C16H22N2O3/c1-16(2,3)18-15(20)11-17-14(19)10-7-12-5-8-13(21-4)9-6-12/h5-10H,11H2,1-4H3,(H,17,19)(H,18,20)/b10-7+. The molecule has 0 aromatic heterocycles. The smallest absolute Gasteiger partial charge is 0.244 e. The molecular formula is C16H22N2O3. The zero-order valence-corrected chi connectivity index (χ0v) is 12.9. The summed E-state index contributed by atoms with van der Waals surface area (Å²) >= 11 is 0. The molecule has 5 nitrogen and oxygen atoms in total. The molecule has 0 aliphatic heterocycles. The first-order chi connectivity index (χ1) is 9.80. The van der Waals surface area contributed by atoms with Crippen LogP contribution in [0.4, 0.5) is 0 Å². The van der Waals surface area contributed by atoms with Gasteiger partial charge in [-0.3, -0.25) is 9.59 Å². The summed E-state index contributed by atoms with van der Waals surface area (Å²) in [7, 11) is 1.60. The van der Waals surface area contributed by atoms with Crippen LogP contribution >= 0.6 is 0 Å². The van der Waals surface area contributed by atoms with Gasteiger partial charge in [-0.25, -0.2) is 0 Å². The molecule has 0 spiro atoms. The first-order valence-electron chi connectivity index (χ1n) is 6.71. The number of nitrogens with one attached hydrogen (secondary N) is 2. The molecule has 0 atom stereocenters. The van der Waals surface area contributed by atoms with E-state index in [1.54, 1.807) is 13.2 Å². The van der Waals surface area contributed by atoms with Gasteiger partial charge in [-0.15, -0.1) is 0 Å². The number of benzene rings is 1. The van der Waals surface area contributed by atoms with Gasteiger partial charge in [0.15, 0.2) is 0 Å². The van der Waals surface area contributed by atoms with E-state index in [1.807, 2.05) is 45.0 Å². The molecule has 21 heavy (non-hydrogen) atoms. The van der Waals surface area contributed by atoms with Crippen molar-refractivity contribution in [2.45, 2.75) is 26.3 Å². The van der Waals surface area contributed by atoms with E-state index in [0.717, 1.165) is 11.3 Å². The summed E-state index contributed by atoms with van der Waals surface area (Å²) in [4.78, 5) is 23.2. The van der Waals surface area contributed by atoms with Crippen molar-refractivity contribution in [3.05, 3.63) is 35.9 Å². The van der Waals surface area contributed by atoms with Gasteiger partial charge >= 0.3 is 0 Å². The third-order valence-electron chi connectivity index (χ3n) is 2.48. The van der Waals surface area contributed by atoms with E-state index in [-0.39, 0.29) is 23.9 Å². The van der Waals surface area contributed by atoms with Crippen LogP contribution < -0.4 is 15.4 Å². The van der Waals surface area contributed by atoms with Gasteiger partial charge in [0.25, 0.3) is 0 Å². The molecule has 1 aromatic rings. The van der Waals surface area contributed by atoms with E-state index >= 15 is 0 Å². The third kappa shape index (κ3) is 7.15. The molecule has 0 fully saturated rings. The Kier molecular flexibility index (Phi) is 5.96. The maximum atomic E-state index is 11.6. The number of methoxy groups -OCH3 is 1. The van der Waals surface area contributed by atoms with E-state index < -0.39 is 0 Å². The Bertz CT molecular complexity index is 513. The number of amides is 2. The van der Waals surface area contributed by atoms with Gasteiger partial charge in [-0.1, -0.05) is 12.1 Å². The highest BCUT2D eigenvalue weighted by atomic mass is 16.5. The van der Waals surface area contributed by atoms with E-state index in [9.17, 15) is 9.59 Å². The second-order valence-electron chi connectivity index (χ2n) is 5.62. The van der Waals surface area contributed by atoms with Gasteiger partial charge in [0.2, 0.25) is 11.8 Å². The Morgan fingerprint density at radius 1 is 1.19 bits per heavy atom. The van der Waals surface area contributed by atoms with E-state index in [0.29, 0.717) is 0 Å². The summed E-state index contributed by atoms with van der Waals surface area (Å²) in [5.41, 5.74) is 0.575. The monoisotopic (exact) mass is 290 g/mol. The fourth-order valence-electron chi connectivity index (χ4n) is 1.58. The second-order valence-corrected chi connectivity index (χ2v) is 5.62. The molecule has 114 valence electrons. The van der Waals surface area contributed by atoms with Crippen molar-refractivity contribution in [3.8, 4) is 5.75 Å². The van der Waals surface area contributed by atoms with Crippen LogP contribution in [0.25, 0.3) is 6.08 Å². The number of carbonyl (C=O) groups excluding carboxylic acids is 2. The molecule has 2 N–H and O–H groups in total. The maximum Gasteiger partial charge on any atom is 0.244 e. The molecular weight excluding hydrogens is 268 g/mol. The molecule has 0 bridgehead atoms. The summed E-state index contributed by atoms with van der Waals surface area (Å²) in [6.45, 7) is 5.62. The zero-order valence-electron chi connectivity index (χ0n) is 12.9. The average Bonchev–Trinajstić information content (AvgIpc) is 2.41. The van der Waals surface area contributed by atoms with Crippen molar-refractivity contribution in [2.24, 2.45) is 0 Å². The average molecular weight is 290 g/mol. The van der Waals surface area contributed by atoms with Crippen molar-refractivity contribution in [1.82, 2.24) is 10.6 Å². The predicted octanol–water partition coefficient (Wildman–Crippen LogP) is 1.74. The highest BCUT2D eigenvalue weighted by Gasteiger charge is 2.13. The molecule has 0 unspecified atom stereocenters. The van der Waals surface area contributed by atoms with Crippen LogP contribution in [0, 0.1) is 0 Å². The normalized spacial score (nSPS) is 11.2. The summed E-state index contributed by atoms with van der Waals surface area (Å²) in [5, 5.41) is 5.30. The van der Waals surface area contributed by atoms with Crippen LogP contribution in [0.15, 0.2) is 30.3 Å². The Morgan fingerprint density at radius 3 is 2.33 bits per heavy atom. The molecule has 0 radical (unpaired) electrons. The van der Waals surface area contributed by atoms with Crippen LogP contribution in [-0.2, 0) is 9.59 Å². The lowest BCUT2D eigenvalue weighted by atomic mass is 10.1. The molecule has 0 aliphatic rings. The minimum atomic E-state index is -0.310. The van der Waals surface area contributed by atoms with Crippen molar-refractivity contribution >= 4 is 17.9 Å². The SMILES string of the molecule is COc1ccc(/C=C/C(=O)NCC(=O)NC(C)(C)C)cc1. The van der Waals surface area contributed by atoms with E-state index in [4.69, 9.17) is 4.74 Å². The molecule has 1 rings (SSSR count). The Labute approximate surface area is 125 Å². The lowest BCUT2D eigenvalue weighted by molar-refractivity contribution is -0.124. The van der Waals surface area contributed by atoms with Gasteiger partial charge in [0.1, 0.15) is 5.75 Å². The molecule has 2 amide bonds. The van der Waals surface area contributed by atoms with Crippen LogP contribution in [0.2, 0.25) is 0 Å². The number of hydrogen-bond donors (Lipinski definition) is 2. The maximum absolute atomic E-state index is 11.6. The predicted molar refractivity (Wildman–Crippen MR) is 82.9 cm³/mol. The van der Waals surface area contributed by atoms with Crippen LogP contribution in [-0.4, -0.2) is 31.0 Å². The first kappa shape index (κ1) is 16.8. The quantitative estimate of drug-likeness (QED) is 0.812. The van der Waals surface area contributed by atoms with Crippen molar-refractivity contribution < 1.29 is 14.3 Å². The van der Waals surface area contributed by atoms with Crippen molar-refractivity contribution in [1.29, 1.82) is 0 Å². The Hall–Kier alpha value is -2.30. The lowest BCUT2D eigenvalue weighted by Gasteiger charge is -2.20. The summed E-state index contributed by atoms with van der Waals surface area (Å²) in [6.07, 6.45) is 3.07. The molecule has 0 heterocycles. The topological polar surface area (TPSA) is 67.4 Å². The van der Waals surface area contributed by atoms with Crippen LogP contribution in [0.1, 0.15) is 26.3 Å². The Balaban J connectivity index is 2.42. The summed E-state index contributed by atoms with van der Waals surface area (Å²) < 4.78 is 5.05. The minimum absolute atomic E-state index is 0.0386. The van der Waals surface area contributed by atoms with Gasteiger partial charge < -0.3 is 15.4 Å². The third-order valence-corrected chi connectivity index (χ3v) is 2.48. The number of carbonyl (C=O) groups is 2. The van der Waals surface area contributed by atoms with E-state index in [1.165, 1.54) is 6.08 Å². The summed E-state index contributed by atoms with van der Waals surface area (Å²) in [5.74, 6) is 0.235. The van der Waals surface area contributed by atoms with Gasteiger partial charge in [0.05, 0.1) is 13.7 Å². The van der Waals surface area contributed by atoms with Crippen molar-refractivity contribution in [3.63, 3.8) is 0 Å². The number of rotatable bonds is 5. The minimum Gasteiger partial charge on any atom is -0.497 e. The molecule has 5 heteroatoms. The highest BCUT2D eigenvalue weighted by Crippen LogP contribution is 2.12. The highest BCUT2D eigenvalue weighted by molar-refractivity contribution is 5.94. The zero-order chi connectivity index (χ0) is 15.9. The number of ether oxygens (including phenoxy) is 1. The molecule has 0 saturated carbocycles. The number of hydrogen-bond acceptors (Lipinski definition) is 3. The first-order valence-corrected chi connectivity index (χ1v) is 6.71. The molecule has 1 aromatic carbocycles. The summed E-state index contributed by atoms with van der Waals surface area (Å²) in [6, 6.07) is 7.31. The van der Waals surface area contributed by atoms with Gasteiger partial charge in [-0.2, -0.15) is 0 Å².